The normalized spacial score (nSPS) is 15.6. The third-order valence-electron chi connectivity index (χ3n) is 22.5. The molecule has 8 heterocycles. The Morgan fingerprint density at radius 2 is 0.422 bits per heavy atom. The first kappa shape index (κ1) is 81.8. The van der Waals surface area contributed by atoms with Gasteiger partial charge in [0.05, 0.1) is 43.6 Å². The number of hydrogen-bond donors (Lipinski definition) is 4. The first-order valence-electron chi connectivity index (χ1n) is 39.1. The lowest BCUT2D eigenvalue weighted by atomic mass is 9.89. The van der Waals surface area contributed by atoms with Crippen LogP contribution in [0.4, 0.5) is 17.6 Å². The standard InChI is InChI=1S/4C22H22FN3O3/c4*23-17-7-5-15(6-8-17)20(27)16-9-11-25(12-10-16)13-14-26-21(28)18-3-1-2-4-19(18)24-22(26)29/h4*1-8,16H,9-14H2,(H,24,29). The van der Waals surface area contributed by atoms with Crippen LogP contribution < -0.4 is 45.0 Å². The van der Waals surface area contributed by atoms with Crippen LogP contribution in [-0.4, -0.2) is 159 Å². The van der Waals surface area contributed by atoms with Crippen molar-refractivity contribution >= 4 is 66.7 Å². The molecule has 0 bridgehead atoms. The van der Waals surface area contributed by atoms with Gasteiger partial charge in [-0.3, -0.25) is 56.6 Å². The number of ketones is 4. The van der Waals surface area contributed by atoms with Gasteiger partial charge in [0.15, 0.2) is 23.1 Å². The number of rotatable bonds is 20. The maximum Gasteiger partial charge on any atom is 0.328 e. The lowest BCUT2D eigenvalue weighted by molar-refractivity contribution is 0.0830. The van der Waals surface area contributed by atoms with Crippen LogP contribution in [0.15, 0.2) is 232 Å². The van der Waals surface area contributed by atoms with Gasteiger partial charge in [0.25, 0.3) is 22.2 Å². The van der Waals surface area contributed by atoms with Crippen LogP contribution in [0.1, 0.15) is 92.8 Å². The van der Waals surface area contributed by atoms with E-state index in [0.29, 0.717) is 170 Å². The second-order valence-electron chi connectivity index (χ2n) is 29.7. The molecule has 4 saturated heterocycles. The summed E-state index contributed by atoms with van der Waals surface area (Å²) < 4.78 is 57.1. The van der Waals surface area contributed by atoms with Crippen molar-refractivity contribution in [3.05, 3.63) is 323 Å². The van der Waals surface area contributed by atoms with Crippen molar-refractivity contribution in [2.24, 2.45) is 23.7 Å². The Labute approximate surface area is 660 Å². The van der Waals surface area contributed by atoms with Crippen molar-refractivity contribution in [3.63, 3.8) is 0 Å². The highest BCUT2D eigenvalue weighted by Crippen LogP contribution is 2.27. The summed E-state index contributed by atoms with van der Waals surface area (Å²) in [5.74, 6) is -1.53. The van der Waals surface area contributed by atoms with E-state index in [1.54, 1.807) is 97.1 Å². The van der Waals surface area contributed by atoms with E-state index in [0.717, 1.165) is 52.4 Å². The van der Waals surface area contributed by atoms with Crippen LogP contribution in [0.25, 0.3) is 43.6 Å². The van der Waals surface area contributed by atoms with Crippen molar-refractivity contribution in [2.45, 2.75) is 77.5 Å². The van der Waals surface area contributed by atoms with Gasteiger partial charge in [-0.05, 0) is 249 Å². The highest BCUT2D eigenvalue weighted by molar-refractivity contribution is 5.99. The number of fused-ring (bicyclic) bond motifs is 4. The molecule has 28 heteroatoms. The minimum absolute atomic E-state index is 0.0480. The molecule has 4 aliphatic rings. The first-order chi connectivity index (χ1) is 56.1. The van der Waals surface area contributed by atoms with Crippen LogP contribution in [0.5, 0.6) is 0 Å². The molecule has 600 valence electrons. The Morgan fingerprint density at radius 1 is 0.250 bits per heavy atom. The Hall–Kier alpha value is -12.2. The van der Waals surface area contributed by atoms with Gasteiger partial charge in [-0.15, -0.1) is 0 Å². The number of nitrogens with zero attached hydrogens (tertiary/aromatic N) is 8. The molecule has 0 radical (unpaired) electrons. The van der Waals surface area contributed by atoms with Crippen LogP contribution in [-0.2, 0) is 26.2 Å². The molecule has 0 aliphatic carbocycles. The molecule has 116 heavy (non-hydrogen) atoms. The Kier molecular flexibility index (Phi) is 26.7. The third kappa shape index (κ3) is 19.9. The van der Waals surface area contributed by atoms with Crippen LogP contribution >= 0.6 is 0 Å². The second-order valence-corrected chi connectivity index (χ2v) is 29.7. The average Bonchev–Trinajstić information content (AvgIpc) is 0.802. The van der Waals surface area contributed by atoms with Gasteiger partial charge in [0.1, 0.15) is 23.3 Å². The summed E-state index contributed by atoms with van der Waals surface area (Å²) in [4.78, 5) is 169. The highest BCUT2D eigenvalue weighted by atomic mass is 19.1. The largest absolute Gasteiger partial charge is 0.328 e. The van der Waals surface area contributed by atoms with Gasteiger partial charge < -0.3 is 39.5 Å². The third-order valence-corrected chi connectivity index (χ3v) is 22.5. The van der Waals surface area contributed by atoms with E-state index in [2.05, 4.69) is 39.5 Å². The van der Waals surface area contributed by atoms with E-state index >= 15 is 0 Å². The number of Topliss-reactive ketones (excluding diaryl/α,β-unsaturated/α-hetero) is 4. The summed E-state index contributed by atoms with van der Waals surface area (Å²) in [6.07, 6.45) is 5.66. The lowest BCUT2D eigenvalue weighted by Crippen LogP contribution is -2.42. The number of carbonyl (C=O) groups excluding carboxylic acids is 4. The Morgan fingerprint density at radius 3 is 0.603 bits per heavy atom. The number of likely N-dealkylation sites (tertiary alicyclic amines) is 4. The number of piperidine rings is 4. The van der Waals surface area contributed by atoms with E-state index in [-0.39, 0.29) is 92.3 Å². The van der Waals surface area contributed by atoms with Gasteiger partial charge in [0.2, 0.25) is 0 Å². The van der Waals surface area contributed by atoms with Gasteiger partial charge in [-0.2, -0.15) is 0 Å². The number of carbonyl (C=O) groups is 4. The Bertz CT molecular complexity index is 5310. The fourth-order valence-electron chi connectivity index (χ4n) is 15.6. The topological polar surface area (TPSA) is 301 Å². The number of H-pyrrole nitrogens is 4. The number of para-hydroxylation sites is 4. The average molecular weight is 1580 g/mol. The zero-order valence-electron chi connectivity index (χ0n) is 63.7. The van der Waals surface area contributed by atoms with E-state index in [1.165, 1.54) is 115 Å². The number of benzene rings is 8. The van der Waals surface area contributed by atoms with Crippen LogP contribution in [0.3, 0.4) is 0 Å². The van der Waals surface area contributed by atoms with Crippen molar-refractivity contribution in [3.8, 4) is 0 Å². The fourth-order valence-corrected chi connectivity index (χ4v) is 15.6. The number of nitrogens with one attached hydrogen (secondary N) is 4. The zero-order valence-corrected chi connectivity index (χ0v) is 63.7. The van der Waals surface area contributed by atoms with Gasteiger partial charge in [0, 0.05) is 98.3 Å². The van der Waals surface area contributed by atoms with Crippen molar-refractivity contribution in [2.75, 3.05) is 78.5 Å². The maximum atomic E-state index is 13.0. The van der Waals surface area contributed by atoms with Crippen molar-refractivity contribution in [1.29, 1.82) is 0 Å². The molecular formula is C88H88F4N12O12. The van der Waals surface area contributed by atoms with E-state index < -0.39 is 22.8 Å². The maximum absolute atomic E-state index is 13.0. The summed E-state index contributed by atoms with van der Waals surface area (Å²) in [5, 5.41) is 1.98. The minimum Gasteiger partial charge on any atom is -0.307 e. The summed E-state index contributed by atoms with van der Waals surface area (Å²) in [6, 6.07) is 50.6. The van der Waals surface area contributed by atoms with E-state index in [4.69, 9.17) is 0 Å². The van der Waals surface area contributed by atoms with Crippen molar-refractivity contribution in [1.82, 2.24) is 57.8 Å². The molecule has 4 N–H and O–H groups in total. The molecule has 0 unspecified atom stereocenters. The SMILES string of the molecule is O=C(c1ccc(F)cc1)C1CCN(CCn2c(=O)[nH]c3ccccc3c2=O)CC1.O=C(c1ccc(F)cc1)C1CCN(CCn2c(=O)[nH]c3ccccc3c2=O)CC1.O=C(c1ccc(F)cc1)C1CCN(CCn2c(=O)[nH]c3ccccc3c2=O)CC1.O=C(c1ccc(F)cc1)C1CCN(CCn2c(=O)[nH]c3ccccc3c2=O)CC1. The number of aromatic nitrogens is 8. The smallest absolute Gasteiger partial charge is 0.307 e. The highest BCUT2D eigenvalue weighted by Gasteiger charge is 2.31. The first-order valence-corrected chi connectivity index (χ1v) is 39.1. The Balaban J connectivity index is 0.000000135. The summed E-state index contributed by atoms with van der Waals surface area (Å²) in [6.45, 7) is 9.24. The van der Waals surface area contributed by atoms with Crippen LogP contribution in [0.2, 0.25) is 0 Å². The summed E-state index contributed by atoms with van der Waals surface area (Å²) in [7, 11) is 0. The summed E-state index contributed by atoms with van der Waals surface area (Å²) in [5.41, 5.74) is 1.55. The molecule has 16 rings (SSSR count). The van der Waals surface area contributed by atoms with E-state index in [9.17, 15) is 75.1 Å². The van der Waals surface area contributed by atoms with Gasteiger partial charge >= 0.3 is 22.8 Å². The molecule has 8 aromatic carbocycles. The number of halogens is 4. The molecule has 24 nitrogen and oxygen atoms in total. The minimum atomic E-state index is -0.407. The van der Waals surface area contributed by atoms with Crippen molar-refractivity contribution < 1.29 is 36.7 Å². The molecule has 0 saturated carbocycles. The predicted octanol–water partition coefficient (Wildman–Crippen LogP) is 9.70. The quantitative estimate of drug-likeness (QED) is 0.0408. The van der Waals surface area contributed by atoms with Gasteiger partial charge in [-0.25, -0.2) is 36.7 Å². The summed E-state index contributed by atoms with van der Waals surface area (Å²) >= 11 is 0. The lowest BCUT2D eigenvalue weighted by Gasteiger charge is -2.31. The molecule has 0 spiro atoms. The molecular weight excluding hydrogens is 1490 g/mol. The molecule has 4 fully saturated rings. The molecule has 0 atom stereocenters. The fraction of sp³-hybridized carbons (Fsp3) is 0.318. The second kappa shape index (κ2) is 37.8. The molecule has 0 amide bonds. The molecule has 4 aromatic heterocycles. The predicted molar refractivity (Wildman–Crippen MR) is 435 cm³/mol. The number of aromatic amines is 4. The monoisotopic (exact) mass is 1580 g/mol. The van der Waals surface area contributed by atoms with Gasteiger partial charge in [-0.1, -0.05) is 48.5 Å². The molecule has 4 aliphatic heterocycles. The zero-order chi connectivity index (χ0) is 81.5. The van der Waals surface area contributed by atoms with Crippen LogP contribution in [0, 0.1) is 46.9 Å². The molecule has 12 aromatic rings. The van der Waals surface area contributed by atoms with E-state index in [1.807, 2.05) is 0 Å². The number of hydrogen-bond acceptors (Lipinski definition) is 16.